The Hall–Kier alpha value is -2.92. The van der Waals surface area contributed by atoms with E-state index in [-0.39, 0.29) is 5.91 Å². The van der Waals surface area contributed by atoms with Gasteiger partial charge in [0.25, 0.3) is 11.9 Å². The molecular formula is C22H20N2O2S. The summed E-state index contributed by atoms with van der Waals surface area (Å²) in [4.78, 5) is 19.5. The highest BCUT2D eigenvalue weighted by molar-refractivity contribution is 7.12. The summed E-state index contributed by atoms with van der Waals surface area (Å²) in [5.74, 6) is -0.265. The molecule has 0 fully saturated rings. The summed E-state index contributed by atoms with van der Waals surface area (Å²) >= 11 is 1.39. The molecule has 0 bridgehead atoms. The monoisotopic (exact) mass is 376 g/mol. The van der Waals surface area contributed by atoms with E-state index in [4.69, 9.17) is 4.74 Å². The summed E-state index contributed by atoms with van der Waals surface area (Å²) in [5.41, 5.74) is 4.82. The van der Waals surface area contributed by atoms with E-state index in [1.807, 2.05) is 35.4 Å². The minimum atomic E-state index is -0.265. The van der Waals surface area contributed by atoms with Crippen LogP contribution >= 0.6 is 11.3 Å². The van der Waals surface area contributed by atoms with Crippen LogP contribution in [0.1, 0.15) is 27.7 Å². The van der Waals surface area contributed by atoms with Gasteiger partial charge in [0, 0.05) is 13.1 Å². The lowest BCUT2D eigenvalue weighted by atomic mass is 9.97. The number of ether oxygens (including phenoxy) is 1. The van der Waals surface area contributed by atoms with Crippen molar-refractivity contribution in [3.05, 3.63) is 82.0 Å². The Labute approximate surface area is 162 Å². The van der Waals surface area contributed by atoms with Gasteiger partial charge in [0.1, 0.15) is 0 Å². The number of hydrogen-bond donors (Lipinski definition) is 0. The molecule has 0 saturated carbocycles. The normalized spacial score (nSPS) is 13.5. The molecule has 5 heteroatoms. The third-order valence-electron chi connectivity index (χ3n) is 4.52. The molecule has 4 nitrogen and oxygen atoms in total. The maximum absolute atomic E-state index is 12.5. The number of amidine groups is 1. The van der Waals surface area contributed by atoms with Crippen LogP contribution in [0.25, 0.3) is 11.1 Å². The van der Waals surface area contributed by atoms with Crippen LogP contribution in [-0.4, -0.2) is 23.4 Å². The maximum atomic E-state index is 12.5. The van der Waals surface area contributed by atoms with Gasteiger partial charge in [-0.25, -0.2) is 0 Å². The van der Waals surface area contributed by atoms with Crippen molar-refractivity contribution >= 4 is 23.3 Å². The van der Waals surface area contributed by atoms with E-state index < -0.39 is 0 Å². The maximum Gasteiger partial charge on any atom is 0.296 e. The molecule has 0 aliphatic carbocycles. The number of aliphatic imine (C=N–C) groups is 1. The van der Waals surface area contributed by atoms with E-state index in [9.17, 15) is 4.79 Å². The molecule has 0 spiro atoms. The van der Waals surface area contributed by atoms with Crippen LogP contribution in [0, 0.1) is 0 Å². The Morgan fingerprint density at radius 1 is 1.00 bits per heavy atom. The minimum Gasteiger partial charge on any atom is -0.465 e. The number of fused-ring (bicyclic) bond motifs is 3. The summed E-state index contributed by atoms with van der Waals surface area (Å²) < 4.78 is 5.80. The average Bonchev–Trinajstić information content (AvgIpc) is 3.17. The van der Waals surface area contributed by atoms with Crippen molar-refractivity contribution in [3.63, 3.8) is 0 Å². The predicted molar refractivity (Wildman–Crippen MR) is 109 cm³/mol. The van der Waals surface area contributed by atoms with Crippen LogP contribution in [0.4, 0.5) is 0 Å². The van der Waals surface area contributed by atoms with Crippen molar-refractivity contribution < 1.29 is 9.53 Å². The first-order valence-electron chi connectivity index (χ1n) is 8.96. The Kier molecular flexibility index (Phi) is 5.03. The van der Waals surface area contributed by atoms with Gasteiger partial charge in [-0.05, 0) is 40.6 Å². The fraction of sp³-hybridized carbons (Fsp3) is 0.182. The molecule has 2 heterocycles. The molecule has 1 aliphatic heterocycles. The van der Waals surface area contributed by atoms with Crippen LogP contribution < -0.4 is 0 Å². The second-order valence-corrected chi connectivity index (χ2v) is 7.23. The molecule has 0 unspecified atom stereocenters. The zero-order chi connectivity index (χ0) is 18.6. The van der Waals surface area contributed by atoms with Crippen molar-refractivity contribution in [1.82, 2.24) is 4.90 Å². The van der Waals surface area contributed by atoms with E-state index >= 15 is 0 Å². The molecule has 4 rings (SSSR count). The first-order chi connectivity index (χ1) is 13.3. The molecule has 136 valence electrons. The number of amides is 1. The average molecular weight is 376 g/mol. The molecule has 1 aliphatic rings. The number of benzene rings is 2. The van der Waals surface area contributed by atoms with Crippen LogP contribution in [0.2, 0.25) is 0 Å². The van der Waals surface area contributed by atoms with Gasteiger partial charge < -0.3 is 9.64 Å². The minimum absolute atomic E-state index is 0.265. The standard InChI is InChI=1S/C22H20N2O2S/c1-2-26-22(23-21(25)20-12-7-13-27-20)24-14-16-8-3-5-10-18(16)19-11-6-4-9-17(19)15-24/h3-13H,2,14-15H2,1H3. The van der Waals surface area contributed by atoms with Crippen molar-refractivity contribution in [1.29, 1.82) is 0 Å². The second-order valence-electron chi connectivity index (χ2n) is 6.28. The van der Waals surface area contributed by atoms with Crippen LogP contribution in [0.5, 0.6) is 0 Å². The molecule has 0 saturated heterocycles. The van der Waals surface area contributed by atoms with Gasteiger partial charge in [-0.2, -0.15) is 4.99 Å². The SMILES string of the molecule is CCOC(=NC(=O)c1cccs1)N1Cc2ccccc2-c2ccccc2C1. The van der Waals surface area contributed by atoms with E-state index in [0.717, 1.165) is 0 Å². The quantitative estimate of drug-likeness (QED) is 0.469. The Balaban J connectivity index is 1.75. The molecule has 0 atom stereocenters. The molecule has 27 heavy (non-hydrogen) atoms. The van der Waals surface area contributed by atoms with Gasteiger partial charge in [-0.15, -0.1) is 11.3 Å². The smallest absolute Gasteiger partial charge is 0.296 e. The third-order valence-corrected chi connectivity index (χ3v) is 5.38. The van der Waals surface area contributed by atoms with Gasteiger partial charge >= 0.3 is 0 Å². The second kappa shape index (κ2) is 7.76. The summed E-state index contributed by atoms with van der Waals surface area (Å²) in [6.45, 7) is 3.64. The number of thiophene rings is 1. The summed E-state index contributed by atoms with van der Waals surface area (Å²) in [7, 11) is 0. The highest BCUT2D eigenvalue weighted by Gasteiger charge is 2.23. The zero-order valence-electron chi connectivity index (χ0n) is 15.1. The Morgan fingerprint density at radius 3 is 2.19 bits per heavy atom. The topological polar surface area (TPSA) is 41.9 Å². The van der Waals surface area contributed by atoms with Gasteiger partial charge in [0.05, 0.1) is 11.5 Å². The van der Waals surface area contributed by atoms with Crippen LogP contribution in [0.3, 0.4) is 0 Å². The summed E-state index contributed by atoms with van der Waals surface area (Å²) in [5, 5.41) is 1.88. The number of carbonyl (C=O) groups is 1. The van der Waals surface area contributed by atoms with E-state index in [1.165, 1.54) is 33.6 Å². The zero-order valence-corrected chi connectivity index (χ0v) is 15.9. The molecule has 0 radical (unpaired) electrons. The van der Waals surface area contributed by atoms with Crippen molar-refractivity contribution in [2.24, 2.45) is 4.99 Å². The van der Waals surface area contributed by atoms with Crippen LogP contribution in [0.15, 0.2) is 71.0 Å². The Bertz CT molecular complexity index is 932. The van der Waals surface area contributed by atoms with Crippen LogP contribution in [-0.2, 0) is 17.8 Å². The third kappa shape index (κ3) is 3.64. The number of hydrogen-bond acceptors (Lipinski definition) is 3. The first kappa shape index (κ1) is 17.5. The van der Waals surface area contributed by atoms with E-state index in [2.05, 4.69) is 41.4 Å². The molecule has 1 amide bonds. The largest absolute Gasteiger partial charge is 0.465 e. The lowest BCUT2D eigenvalue weighted by Gasteiger charge is -2.24. The van der Waals surface area contributed by atoms with Gasteiger partial charge in [0.15, 0.2) is 0 Å². The van der Waals surface area contributed by atoms with Crippen molar-refractivity contribution in [2.75, 3.05) is 6.61 Å². The molecule has 2 aromatic carbocycles. The van der Waals surface area contributed by atoms with E-state index in [0.29, 0.717) is 30.6 Å². The summed E-state index contributed by atoms with van der Waals surface area (Å²) in [6, 6.07) is 20.7. The lowest BCUT2D eigenvalue weighted by molar-refractivity contribution is 0.0997. The molecule has 3 aromatic rings. The predicted octanol–water partition coefficient (Wildman–Crippen LogP) is 4.96. The van der Waals surface area contributed by atoms with Gasteiger partial charge in [-0.1, -0.05) is 54.6 Å². The summed E-state index contributed by atoms with van der Waals surface area (Å²) in [6.07, 6.45) is 0. The fourth-order valence-corrected chi connectivity index (χ4v) is 3.92. The molecule has 0 N–H and O–H groups in total. The van der Waals surface area contributed by atoms with Crippen molar-refractivity contribution in [3.8, 4) is 11.1 Å². The Morgan fingerprint density at radius 2 is 1.63 bits per heavy atom. The first-order valence-corrected chi connectivity index (χ1v) is 9.84. The van der Waals surface area contributed by atoms with Gasteiger partial charge in [0.2, 0.25) is 0 Å². The van der Waals surface area contributed by atoms with Crippen molar-refractivity contribution in [2.45, 2.75) is 20.0 Å². The molecule has 1 aromatic heterocycles. The highest BCUT2D eigenvalue weighted by Crippen LogP contribution is 2.32. The lowest BCUT2D eigenvalue weighted by Crippen LogP contribution is -2.32. The fourth-order valence-electron chi connectivity index (χ4n) is 3.31. The number of nitrogens with zero attached hydrogens (tertiary/aromatic N) is 2. The van der Waals surface area contributed by atoms with Gasteiger partial charge in [-0.3, -0.25) is 4.79 Å². The highest BCUT2D eigenvalue weighted by atomic mass is 32.1. The molecular weight excluding hydrogens is 356 g/mol. The van der Waals surface area contributed by atoms with E-state index in [1.54, 1.807) is 6.07 Å². The number of rotatable bonds is 2. The number of carbonyl (C=O) groups excluding carboxylic acids is 1.